The van der Waals surface area contributed by atoms with Gasteiger partial charge in [0.2, 0.25) is 11.8 Å². The molecule has 10 heteroatoms. The molecule has 3 N–H and O–H groups in total. The van der Waals surface area contributed by atoms with Gasteiger partial charge in [-0.05, 0) is 56.8 Å². The monoisotopic (exact) mass is 541 g/mol. The normalized spacial score (nSPS) is 16.8. The number of likely N-dealkylation sites (tertiary alicyclic amines) is 1. The number of ketones is 1. The van der Waals surface area contributed by atoms with Crippen molar-refractivity contribution < 1.29 is 24.0 Å². The van der Waals surface area contributed by atoms with Gasteiger partial charge < -0.3 is 20.9 Å². The Hall–Kier alpha value is -3.40. The van der Waals surface area contributed by atoms with Crippen molar-refractivity contribution in [1.82, 2.24) is 20.9 Å². The van der Waals surface area contributed by atoms with Crippen LogP contribution in [0.15, 0.2) is 35.3 Å². The Morgan fingerprint density at radius 3 is 2.10 bits per heavy atom. The van der Waals surface area contributed by atoms with Gasteiger partial charge in [-0.15, -0.1) is 0 Å². The molecular weight excluding hydrogens is 498 g/mol. The number of benzene rings is 1. The quantitative estimate of drug-likeness (QED) is 0.306. The van der Waals surface area contributed by atoms with Crippen LogP contribution in [-0.2, 0) is 30.5 Å². The Labute approximate surface area is 231 Å². The summed E-state index contributed by atoms with van der Waals surface area (Å²) in [7, 11) is 2.01. The maximum atomic E-state index is 13.2. The number of hydrogen-bond donors (Lipinski definition) is 3. The van der Waals surface area contributed by atoms with E-state index in [1.54, 1.807) is 13.8 Å². The largest absolute Gasteiger partial charge is 0.345 e. The summed E-state index contributed by atoms with van der Waals surface area (Å²) in [5.74, 6) is -3.88. The number of amides is 4. The van der Waals surface area contributed by atoms with Crippen molar-refractivity contribution in [2.24, 2.45) is 22.2 Å². The molecule has 1 fully saturated rings. The number of carbonyl (C=O) groups excluding carboxylic acids is 5. The summed E-state index contributed by atoms with van der Waals surface area (Å²) in [6, 6.07) is 7.18. The number of piperidine rings is 1. The number of nitrogens with one attached hydrogen (secondary N) is 3. The molecule has 1 saturated heterocycles. The first-order chi connectivity index (χ1) is 18.2. The summed E-state index contributed by atoms with van der Waals surface area (Å²) in [5.41, 5.74) is 0.0210. The molecule has 0 saturated carbocycles. The van der Waals surface area contributed by atoms with Gasteiger partial charge in [0.1, 0.15) is 12.1 Å². The van der Waals surface area contributed by atoms with Gasteiger partial charge in [-0.1, -0.05) is 65.0 Å². The van der Waals surface area contributed by atoms with Gasteiger partial charge in [0, 0.05) is 12.5 Å². The minimum Gasteiger partial charge on any atom is -0.345 e. The van der Waals surface area contributed by atoms with E-state index in [9.17, 15) is 24.0 Å². The Morgan fingerprint density at radius 1 is 0.974 bits per heavy atom. The number of nitrogens with zero attached hydrogens (tertiary/aromatic N) is 2. The highest BCUT2D eigenvalue weighted by Gasteiger charge is 2.36. The van der Waals surface area contributed by atoms with Crippen LogP contribution < -0.4 is 16.0 Å². The molecule has 0 radical (unpaired) electrons. The van der Waals surface area contributed by atoms with E-state index in [0.717, 1.165) is 31.5 Å². The number of aliphatic imine (C=N–C) groups is 1. The number of Topliss-reactive ketones (excluding diaryl/α,β-unsaturated/α-hetero) is 1. The van der Waals surface area contributed by atoms with E-state index in [4.69, 9.17) is 0 Å². The van der Waals surface area contributed by atoms with Gasteiger partial charge in [0.05, 0.1) is 5.71 Å². The van der Waals surface area contributed by atoms with Crippen molar-refractivity contribution in [2.75, 3.05) is 20.1 Å². The van der Waals surface area contributed by atoms with Crippen LogP contribution in [-0.4, -0.2) is 72.2 Å². The summed E-state index contributed by atoms with van der Waals surface area (Å²) in [6.07, 6.45) is 1.44. The van der Waals surface area contributed by atoms with Crippen LogP contribution in [0.1, 0.15) is 59.9 Å². The lowest BCUT2D eigenvalue weighted by atomic mass is 9.85. The van der Waals surface area contributed by atoms with E-state index in [2.05, 4.69) is 25.8 Å². The number of hydrogen-bond acceptors (Lipinski definition) is 6. The highest BCUT2D eigenvalue weighted by atomic mass is 16.2. The smallest absolute Gasteiger partial charge is 0.293 e. The van der Waals surface area contributed by atoms with Crippen LogP contribution in [0.3, 0.4) is 0 Å². The zero-order chi connectivity index (χ0) is 29.3. The Bertz CT molecular complexity index is 1070. The van der Waals surface area contributed by atoms with Crippen molar-refractivity contribution >= 4 is 35.1 Å². The molecule has 2 atom stereocenters. The van der Waals surface area contributed by atoms with Crippen molar-refractivity contribution in [3.05, 3.63) is 35.9 Å². The molecule has 0 bridgehead atoms. The molecule has 0 aliphatic carbocycles. The second-order valence-corrected chi connectivity index (χ2v) is 11.6. The lowest BCUT2D eigenvalue weighted by Crippen LogP contribution is -2.57. The zero-order valence-electron chi connectivity index (χ0n) is 24.2. The average molecular weight is 542 g/mol. The second-order valence-electron chi connectivity index (χ2n) is 11.6. The van der Waals surface area contributed by atoms with Crippen molar-refractivity contribution in [3.8, 4) is 0 Å². The fourth-order valence-corrected chi connectivity index (χ4v) is 4.20. The first-order valence-corrected chi connectivity index (χ1v) is 13.5. The number of rotatable bonds is 10. The third kappa shape index (κ3) is 9.69. The maximum Gasteiger partial charge on any atom is 0.293 e. The van der Waals surface area contributed by atoms with Gasteiger partial charge in [-0.2, -0.15) is 0 Å². The average Bonchev–Trinajstić information content (AvgIpc) is 2.88. The van der Waals surface area contributed by atoms with Crippen LogP contribution in [0.2, 0.25) is 0 Å². The van der Waals surface area contributed by atoms with E-state index < -0.39 is 46.9 Å². The first kappa shape index (κ1) is 31.8. The zero-order valence-corrected chi connectivity index (χ0v) is 24.2. The summed E-state index contributed by atoms with van der Waals surface area (Å²) < 4.78 is 0. The maximum absolute atomic E-state index is 13.2. The van der Waals surface area contributed by atoms with Crippen molar-refractivity contribution in [1.29, 1.82) is 0 Å². The standard InChI is InChI=1S/C29H43N5O5/c1-18(2)22(23(35)27(38)30-17-20-11-9-8-10-12-20)32-25(36)19(3)31-28(39)24(29(4,5)6)33-26(37)21-13-15-34(7)16-14-21/h8-12,18-19,21,24H,13-17H2,1-7H3,(H,30,38)(H,31,39)(H,33,37)/t19-,24+/m0/s1. The molecule has 2 rings (SSSR count). The molecule has 1 aliphatic rings. The Kier molecular flexibility index (Phi) is 11.5. The van der Waals surface area contributed by atoms with E-state index in [-0.39, 0.29) is 24.1 Å². The highest BCUT2D eigenvalue weighted by molar-refractivity contribution is 6.65. The fourth-order valence-electron chi connectivity index (χ4n) is 4.20. The molecular formula is C29H43N5O5. The number of carbonyl (C=O) groups is 5. The lowest BCUT2D eigenvalue weighted by molar-refractivity contribution is -0.135. The second kappa shape index (κ2) is 14.1. The van der Waals surface area contributed by atoms with Gasteiger partial charge >= 0.3 is 0 Å². The van der Waals surface area contributed by atoms with Crippen LogP contribution in [0.5, 0.6) is 0 Å². The van der Waals surface area contributed by atoms with E-state index in [1.807, 2.05) is 58.2 Å². The Balaban J connectivity index is 2.06. The molecule has 1 aromatic carbocycles. The molecule has 10 nitrogen and oxygen atoms in total. The molecule has 0 unspecified atom stereocenters. The van der Waals surface area contributed by atoms with Crippen LogP contribution in [0.4, 0.5) is 0 Å². The lowest BCUT2D eigenvalue weighted by Gasteiger charge is -2.34. The molecule has 1 aromatic rings. The van der Waals surface area contributed by atoms with Crippen molar-refractivity contribution in [3.63, 3.8) is 0 Å². The predicted molar refractivity (Wildman–Crippen MR) is 150 cm³/mol. The van der Waals surface area contributed by atoms with Gasteiger partial charge in [0.15, 0.2) is 0 Å². The summed E-state index contributed by atoms with van der Waals surface area (Å²) in [4.78, 5) is 70.4. The topological polar surface area (TPSA) is 137 Å². The minimum absolute atomic E-state index is 0.161. The van der Waals surface area contributed by atoms with Crippen molar-refractivity contribution in [2.45, 2.75) is 73.0 Å². The molecule has 0 aromatic heterocycles. The van der Waals surface area contributed by atoms with Gasteiger partial charge in [0.25, 0.3) is 17.6 Å². The van der Waals surface area contributed by atoms with Crippen LogP contribution >= 0.6 is 0 Å². The van der Waals surface area contributed by atoms with Gasteiger partial charge in [-0.3, -0.25) is 24.0 Å². The molecule has 39 heavy (non-hydrogen) atoms. The van der Waals surface area contributed by atoms with Gasteiger partial charge in [-0.25, -0.2) is 4.99 Å². The SMILES string of the molecule is CC(C)C(=NC(=O)[C@H](C)NC(=O)[C@@H](NC(=O)C1CCN(C)CC1)C(C)(C)C)C(=O)C(=O)NCc1ccccc1. The first-order valence-electron chi connectivity index (χ1n) is 13.5. The highest BCUT2D eigenvalue weighted by Crippen LogP contribution is 2.22. The third-order valence-corrected chi connectivity index (χ3v) is 6.75. The molecule has 1 aliphatic heterocycles. The molecule has 4 amide bonds. The minimum atomic E-state index is -1.07. The van der Waals surface area contributed by atoms with E-state index in [0.29, 0.717) is 0 Å². The summed E-state index contributed by atoms with van der Waals surface area (Å²) in [5, 5.41) is 8.07. The molecule has 214 valence electrons. The van der Waals surface area contributed by atoms with E-state index >= 15 is 0 Å². The van der Waals surface area contributed by atoms with E-state index in [1.165, 1.54) is 6.92 Å². The predicted octanol–water partition coefficient (Wildman–Crippen LogP) is 1.87. The Morgan fingerprint density at radius 2 is 1.56 bits per heavy atom. The molecule has 1 heterocycles. The summed E-state index contributed by atoms with van der Waals surface area (Å²) in [6.45, 7) is 12.1. The summed E-state index contributed by atoms with van der Waals surface area (Å²) >= 11 is 0. The van der Waals surface area contributed by atoms with Crippen LogP contribution in [0.25, 0.3) is 0 Å². The molecule has 0 spiro atoms. The van der Waals surface area contributed by atoms with Crippen LogP contribution in [0, 0.1) is 17.3 Å². The fraction of sp³-hybridized carbons (Fsp3) is 0.586. The third-order valence-electron chi connectivity index (χ3n) is 6.75.